The number of rotatable bonds is 3. The van der Waals surface area contributed by atoms with Crippen LogP contribution in [0.1, 0.15) is 12.5 Å². The molecule has 1 aromatic carbocycles. The first-order chi connectivity index (χ1) is 6.19. The molecule has 0 unspecified atom stereocenters. The van der Waals surface area contributed by atoms with E-state index in [4.69, 9.17) is 4.74 Å². The summed E-state index contributed by atoms with van der Waals surface area (Å²) in [7, 11) is 0. The average molecular weight is 247 g/mol. The Kier molecular flexibility index (Phi) is 3.42. The van der Waals surface area contributed by atoms with E-state index in [2.05, 4.69) is 15.9 Å². The molecular formula is C9H11BrO3. The molecule has 0 saturated heterocycles. The van der Waals surface area contributed by atoms with Crippen molar-refractivity contribution in [2.75, 3.05) is 6.61 Å². The summed E-state index contributed by atoms with van der Waals surface area (Å²) in [5, 5.41) is 19.4. The van der Waals surface area contributed by atoms with Gasteiger partial charge in [0, 0.05) is 5.33 Å². The van der Waals surface area contributed by atoms with Gasteiger partial charge in [0.05, 0.1) is 6.61 Å². The van der Waals surface area contributed by atoms with Crippen LogP contribution in [0.4, 0.5) is 0 Å². The van der Waals surface area contributed by atoms with E-state index in [0.29, 0.717) is 11.9 Å². The van der Waals surface area contributed by atoms with E-state index < -0.39 is 0 Å². The Morgan fingerprint density at radius 1 is 1.31 bits per heavy atom. The van der Waals surface area contributed by atoms with E-state index in [9.17, 15) is 10.2 Å². The van der Waals surface area contributed by atoms with Crippen LogP contribution in [0, 0.1) is 0 Å². The predicted molar refractivity (Wildman–Crippen MR) is 53.6 cm³/mol. The van der Waals surface area contributed by atoms with Crippen molar-refractivity contribution in [3.05, 3.63) is 17.7 Å². The van der Waals surface area contributed by atoms with E-state index in [1.165, 1.54) is 0 Å². The van der Waals surface area contributed by atoms with Crippen LogP contribution in [0.25, 0.3) is 0 Å². The second kappa shape index (κ2) is 4.37. The van der Waals surface area contributed by atoms with E-state index in [-0.39, 0.29) is 17.2 Å². The fraction of sp³-hybridized carbons (Fsp3) is 0.333. The number of hydrogen-bond donors (Lipinski definition) is 2. The third kappa shape index (κ3) is 2.28. The normalized spacial score (nSPS) is 10.0. The lowest BCUT2D eigenvalue weighted by molar-refractivity contribution is 0.298. The van der Waals surface area contributed by atoms with Gasteiger partial charge < -0.3 is 14.9 Å². The molecule has 0 saturated carbocycles. The molecule has 3 nitrogen and oxygen atoms in total. The Balaban J connectivity index is 3.07. The molecule has 72 valence electrons. The molecule has 13 heavy (non-hydrogen) atoms. The highest BCUT2D eigenvalue weighted by molar-refractivity contribution is 9.08. The summed E-state index contributed by atoms with van der Waals surface area (Å²) < 4.78 is 5.05. The van der Waals surface area contributed by atoms with Crippen LogP contribution in [0.15, 0.2) is 12.1 Å². The smallest absolute Gasteiger partial charge is 0.203 e. The number of phenols is 2. The molecule has 1 rings (SSSR count). The van der Waals surface area contributed by atoms with Crippen molar-refractivity contribution in [2.45, 2.75) is 12.3 Å². The lowest BCUT2D eigenvalue weighted by atomic mass is 10.2. The number of aromatic hydroxyl groups is 2. The molecule has 0 fully saturated rings. The van der Waals surface area contributed by atoms with Crippen molar-refractivity contribution in [3.63, 3.8) is 0 Å². The average Bonchev–Trinajstić information content (AvgIpc) is 2.11. The minimum absolute atomic E-state index is 0.0312. The lowest BCUT2D eigenvalue weighted by Gasteiger charge is -2.08. The fourth-order valence-electron chi connectivity index (χ4n) is 1.02. The topological polar surface area (TPSA) is 49.7 Å². The van der Waals surface area contributed by atoms with Gasteiger partial charge in [0.1, 0.15) is 0 Å². The van der Waals surface area contributed by atoms with Crippen LogP contribution in [-0.4, -0.2) is 16.8 Å². The van der Waals surface area contributed by atoms with Crippen molar-refractivity contribution in [1.82, 2.24) is 0 Å². The third-order valence-electron chi connectivity index (χ3n) is 1.55. The summed E-state index contributed by atoms with van der Waals surface area (Å²) in [5.41, 5.74) is 0.804. The number of benzene rings is 1. The zero-order chi connectivity index (χ0) is 9.84. The maximum atomic E-state index is 9.43. The Morgan fingerprint density at radius 3 is 2.23 bits per heavy atom. The minimum atomic E-state index is -0.0312. The molecule has 0 amide bonds. The van der Waals surface area contributed by atoms with Crippen molar-refractivity contribution < 1.29 is 14.9 Å². The lowest BCUT2D eigenvalue weighted by Crippen LogP contribution is -1.93. The SMILES string of the molecule is CCOc1c(O)cc(CBr)cc1O. The first kappa shape index (κ1) is 10.2. The first-order valence-corrected chi connectivity index (χ1v) is 5.04. The third-order valence-corrected chi connectivity index (χ3v) is 2.20. The summed E-state index contributed by atoms with van der Waals surface area (Å²) in [6.45, 7) is 2.20. The highest BCUT2D eigenvalue weighted by Gasteiger charge is 2.09. The largest absolute Gasteiger partial charge is 0.504 e. The molecule has 0 aliphatic rings. The maximum Gasteiger partial charge on any atom is 0.203 e. The standard InChI is InChI=1S/C9H11BrO3/c1-2-13-9-7(11)3-6(5-10)4-8(9)12/h3-4,11-12H,2,5H2,1H3. The number of hydrogen-bond acceptors (Lipinski definition) is 3. The molecular weight excluding hydrogens is 236 g/mol. The number of phenolic OH excluding ortho intramolecular Hbond substituents is 2. The fourth-order valence-corrected chi connectivity index (χ4v) is 1.35. The number of alkyl halides is 1. The van der Waals surface area contributed by atoms with Gasteiger partial charge in [0.15, 0.2) is 11.5 Å². The zero-order valence-corrected chi connectivity index (χ0v) is 8.84. The summed E-state index contributed by atoms with van der Waals surface area (Å²) in [4.78, 5) is 0. The zero-order valence-electron chi connectivity index (χ0n) is 7.25. The van der Waals surface area contributed by atoms with E-state index in [1.54, 1.807) is 19.1 Å². The molecule has 0 aromatic heterocycles. The van der Waals surface area contributed by atoms with Gasteiger partial charge in [-0.05, 0) is 24.6 Å². The van der Waals surface area contributed by atoms with Gasteiger partial charge in [-0.3, -0.25) is 0 Å². The van der Waals surface area contributed by atoms with E-state index in [0.717, 1.165) is 5.56 Å². The summed E-state index contributed by atoms with van der Waals surface area (Å²) >= 11 is 3.23. The van der Waals surface area contributed by atoms with Crippen LogP contribution in [0.5, 0.6) is 17.2 Å². The van der Waals surface area contributed by atoms with Crippen LogP contribution in [-0.2, 0) is 5.33 Å². The molecule has 1 aromatic rings. The van der Waals surface area contributed by atoms with Crippen molar-refractivity contribution in [3.8, 4) is 17.2 Å². The monoisotopic (exact) mass is 246 g/mol. The highest BCUT2D eigenvalue weighted by Crippen LogP contribution is 2.37. The Labute approximate surface area is 85.1 Å². The molecule has 4 heteroatoms. The maximum absolute atomic E-state index is 9.43. The summed E-state index contributed by atoms with van der Waals surface area (Å²) in [6, 6.07) is 3.11. The number of ether oxygens (including phenoxy) is 1. The van der Waals surface area contributed by atoms with Gasteiger partial charge >= 0.3 is 0 Å². The molecule has 2 N–H and O–H groups in total. The molecule has 0 atom stereocenters. The number of halogens is 1. The van der Waals surface area contributed by atoms with Crippen molar-refractivity contribution >= 4 is 15.9 Å². The molecule has 0 bridgehead atoms. The highest BCUT2D eigenvalue weighted by atomic mass is 79.9. The van der Waals surface area contributed by atoms with Gasteiger partial charge in [0.2, 0.25) is 5.75 Å². The predicted octanol–water partition coefficient (Wildman–Crippen LogP) is 2.39. The summed E-state index contributed by atoms with van der Waals surface area (Å²) in [5.74, 6) is 0.0831. The first-order valence-electron chi connectivity index (χ1n) is 3.92. The van der Waals surface area contributed by atoms with Gasteiger partial charge in [-0.15, -0.1) is 0 Å². The van der Waals surface area contributed by atoms with Crippen LogP contribution < -0.4 is 4.74 Å². The molecule has 0 aliphatic heterocycles. The Morgan fingerprint density at radius 2 is 1.85 bits per heavy atom. The van der Waals surface area contributed by atoms with Gasteiger partial charge in [-0.2, -0.15) is 0 Å². The molecule has 0 aliphatic carbocycles. The second-order valence-corrected chi connectivity index (χ2v) is 3.09. The Bertz CT molecular complexity index is 276. The molecule has 0 spiro atoms. The Hall–Kier alpha value is -0.900. The van der Waals surface area contributed by atoms with Gasteiger partial charge in [-0.25, -0.2) is 0 Å². The second-order valence-electron chi connectivity index (χ2n) is 2.53. The summed E-state index contributed by atoms with van der Waals surface area (Å²) in [6.07, 6.45) is 0. The van der Waals surface area contributed by atoms with Gasteiger partial charge in [0.25, 0.3) is 0 Å². The quantitative estimate of drug-likeness (QED) is 0.806. The van der Waals surface area contributed by atoms with Crippen molar-refractivity contribution in [1.29, 1.82) is 0 Å². The van der Waals surface area contributed by atoms with Crippen LogP contribution >= 0.6 is 15.9 Å². The van der Waals surface area contributed by atoms with E-state index >= 15 is 0 Å². The van der Waals surface area contributed by atoms with Crippen molar-refractivity contribution in [2.24, 2.45) is 0 Å². The van der Waals surface area contributed by atoms with Crippen LogP contribution in [0.3, 0.4) is 0 Å². The minimum Gasteiger partial charge on any atom is -0.504 e. The van der Waals surface area contributed by atoms with Gasteiger partial charge in [-0.1, -0.05) is 15.9 Å². The molecule has 0 heterocycles. The van der Waals surface area contributed by atoms with E-state index in [1.807, 2.05) is 0 Å². The molecule has 0 radical (unpaired) electrons. The van der Waals surface area contributed by atoms with Crippen LogP contribution in [0.2, 0.25) is 0 Å².